The molecule has 2 heteroatoms. The standard InChI is InChI=1S/C18H31NO/c1-3-5-7-9-11-13-18(20)15-14-17(16-19)12-10-8-6-4-2/h3,5,7,9,11,13,17H,4,6,8,10,12,14-16,19H2,1-2H3/b5-3+,9-7+,13-11+. The lowest BCUT2D eigenvalue weighted by molar-refractivity contribution is -0.114. The summed E-state index contributed by atoms with van der Waals surface area (Å²) in [7, 11) is 0. The van der Waals surface area contributed by atoms with Gasteiger partial charge in [-0.05, 0) is 38.3 Å². The number of unbranched alkanes of at least 4 members (excludes halogenated alkanes) is 3. The highest BCUT2D eigenvalue weighted by Gasteiger charge is 2.08. The second-order valence-corrected chi connectivity index (χ2v) is 5.23. The molecular weight excluding hydrogens is 246 g/mol. The van der Waals surface area contributed by atoms with Crippen LogP contribution >= 0.6 is 0 Å². The minimum Gasteiger partial charge on any atom is -0.330 e. The summed E-state index contributed by atoms with van der Waals surface area (Å²) in [4.78, 5) is 11.7. The van der Waals surface area contributed by atoms with E-state index in [1.54, 1.807) is 12.2 Å². The number of rotatable bonds is 12. The third kappa shape index (κ3) is 11.9. The molecule has 2 N–H and O–H groups in total. The van der Waals surface area contributed by atoms with E-state index in [4.69, 9.17) is 5.73 Å². The zero-order chi connectivity index (χ0) is 15.1. The molecule has 0 aromatic rings. The third-order valence-corrected chi connectivity index (χ3v) is 3.41. The van der Waals surface area contributed by atoms with Crippen LogP contribution in [0, 0.1) is 5.92 Å². The van der Waals surface area contributed by atoms with E-state index in [9.17, 15) is 4.79 Å². The number of ketones is 1. The van der Waals surface area contributed by atoms with Gasteiger partial charge >= 0.3 is 0 Å². The van der Waals surface area contributed by atoms with E-state index in [0.717, 1.165) is 12.8 Å². The maximum atomic E-state index is 11.7. The van der Waals surface area contributed by atoms with Crippen molar-refractivity contribution in [1.82, 2.24) is 0 Å². The van der Waals surface area contributed by atoms with Crippen molar-refractivity contribution in [3.8, 4) is 0 Å². The summed E-state index contributed by atoms with van der Waals surface area (Å²) < 4.78 is 0. The van der Waals surface area contributed by atoms with Gasteiger partial charge in [0, 0.05) is 6.42 Å². The van der Waals surface area contributed by atoms with Gasteiger partial charge in [0.1, 0.15) is 0 Å². The smallest absolute Gasteiger partial charge is 0.155 e. The molecule has 0 aromatic carbocycles. The van der Waals surface area contributed by atoms with Gasteiger partial charge in [0.05, 0.1) is 0 Å². The number of hydrogen-bond donors (Lipinski definition) is 1. The van der Waals surface area contributed by atoms with Gasteiger partial charge < -0.3 is 5.73 Å². The van der Waals surface area contributed by atoms with Gasteiger partial charge in [-0.25, -0.2) is 0 Å². The molecule has 0 rings (SSSR count). The van der Waals surface area contributed by atoms with E-state index < -0.39 is 0 Å². The molecule has 0 radical (unpaired) electrons. The van der Waals surface area contributed by atoms with Crippen molar-refractivity contribution in [1.29, 1.82) is 0 Å². The Morgan fingerprint density at radius 3 is 2.45 bits per heavy atom. The summed E-state index contributed by atoms with van der Waals surface area (Å²) in [6, 6.07) is 0. The fourth-order valence-corrected chi connectivity index (χ4v) is 2.07. The summed E-state index contributed by atoms with van der Waals surface area (Å²) in [5.41, 5.74) is 5.78. The van der Waals surface area contributed by atoms with Crippen molar-refractivity contribution in [2.24, 2.45) is 11.7 Å². The highest BCUT2D eigenvalue weighted by molar-refractivity contribution is 5.89. The molecule has 1 atom stereocenters. The molecule has 0 fully saturated rings. The van der Waals surface area contributed by atoms with Crippen LogP contribution in [0.5, 0.6) is 0 Å². The van der Waals surface area contributed by atoms with E-state index in [1.807, 2.05) is 31.2 Å². The molecule has 0 aliphatic heterocycles. The number of allylic oxidation sites excluding steroid dienone is 6. The average Bonchev–Trinajstić information content (AvgIpc) is 2.46. The van der Waals surface area contributed by atoms with Crippen LogP contribution in [0.25, 0.3) is 0 Å². The molecule has 114 valence electrons. The number of nitrogens with two attached hydrogens (primary N) is 1. The van der Waals surface area contributed by atoms with E-state index in [2.05, 4.69) is 6.92 Å². The Hall–Kier alpha value is -1.15. The molecule has 0 saturated carbocycles. The minimum absolute atomic E-state index is 0.196. The van der Waals surface area contributed by atoms with Crippen molar-refractivity contribution in [2.45, 2.75) is 58.8 Å². The van der Waals surface area contributed by atoms with Gasteiger partial charge in [0.25, 0.3) is 0 Å². The molecule has 0 aromatic heterocycles. The molecule has 0 bridgehead atoms. The van der Waals surface area contributed by atoms with Crippen molar-refractivity contribution in [3.63, 3.8) is 0 Å². The van der Waals surface area contributed by atoms with Crippen LogP contribution in [0.2, 0.25) is 0 Å². The first-order valence-electron chi connectivity index (χ1n) is 7.93. The van der Waals surface area contributed by atoms with Gasteiger partial charge in [-0.1, -0.05) is 63.0 Å². The van der Waals surface area contributed by atoms with E-state index >= 15 is 0 Å². The second kappa shape index (κ2) is 14.3. The monoisotopic (exact) mass is 277 g/mol. The van der Waals surface area contributed by atoms with Gasteiger partial charge in [-0.2, -0.15) is 0 Å². The van der Waals surface area contributed by atoms with Crippen molar-refractivity contribution in [2.75, 3.05) is 6.54 Å². The van der Waals surface area contributed by atoms with Crippen molar-refractivity contribution < 1.29 is 4.79 Å². The second-order valence-electron chi connectivity index (χ2n) is 5.23. The predicted octanol–water partition coefficient (Wildman–Crippen LogP) is 4.57. The molecule has 0 aliphatic rings. The van der Waals surface area contributed by atoms with Gasteiger partial charge in [0.2, 0.25) is 0 Å². The maximum absolute atomic E-state index is 11.7. The Morgan fingerprint density at radius 2 is 1.80 bits per heavy atom. The Morgan fingerprint density at radius 1 is 1.05 bits per heavy atom. The largest absolute Gasteiger partial charge is 0.330 e. The molecule has 1 unspecified atom stereocenters. The Balaban J connectivity index is 3.83. The van der Waals surface area contributed by atoms with Crippen molar-refractivity contribution in [3.05, 3.63) is 36.5 Å². The maximum Gasteiger partial charge on any atom is 0.155 e. The first-order valence-corrected chi connectivity index (χ1v) is 7.93. The fraction of sp³-hybridized carbons (Fsp3) is 0.611. The summed E-state index contributed by atoms with van der Waals surface area (Å²) in [5, 5.41) is 0. The van der Waals surface area contributed by atoms with Gasteiger partial charge in [-0.15, -0.1) is 0 Å². The topological polar surface area (TPSA) is 43.1 Å². The molecule has 0 amide bonds. The Kier molecular flexibility index (Phi) is 13.4. The van der Waals surface area contributed by atoms with Crippen LogP contribution < -0.4 is 5.73 Å². The van der Waals surface area contributed by atoms with Crippen LogP contribution in [-0.4, -0.2) is 12.3 Å². The Bertz CT molecular complexity index is 315. The SMILES string of the molecule is C/C=C/C=C/C=C/C(=O)CCC(CN)CCCCCC. The molecule has 20 heavy (non-hydrogen) atoms. The normalized spacial score (nSPS) is 13.8. The van der Waals surface area contributed by atoms with E-state index in [0.29, 0.717) is 18.9 Å². The van der Waals surface area contributed by atoms with Crippen LogP contribution in [0.3, 0.4) is 0 Å². The summed E-state index contributed by atoms with van der Waals surface area (Å²) in [6.45, 7) is 4.88. The Labute approximate surface area is 124 Å². The predicted molar refractivity (Wildman–Crippen MR) is 88.6 cm³/mol. The molecule has 2 nitrogen and oxygen atoms in total. The summed E-state index contributed by atoms with van der Waals surface area (Å²) in [5.74, 6) is 0.699. The molecule has 0 aliphatic carbocycles. The highest BCUT2D eigenvalue weighted by atomic mass is 16.1. The van der Waals surface area contributed by atoms with E-state index in [-0.39, 0.29) is 5.78 Å². The number of carbonyl (C=O) groups excluding carboxylic acids is 1. The average molecular weight is 277 g/mol. The first-order chi connectivity index (χ1) is 9.74. The first kappa shape index (κ1) is 18.9. The number of carbonyl (C=O) groups is 1. The van der Waals surface area contributed by atoms with Gasteiger partial charge in [-0.3, -0.25) is 4.79 Å². The van der Waals surface area contributed by atoms with E-state index in [1.165, 1.54) is 25.7 Å². The third-order valence-electron chi connectivity index (χ3n) is 3.41. The lowest BCUT2D eigenvalue weighted by Gasteiger charge is -2.13. The molecule has 0 heterocycles. The quantitative estimate of drug-likeness (QED) is 0.322. The van der Waals surface area contributed by atoms with Crippen LogP contribution in [0.1, 0.15) is 58.8 Å². The fourth-order valence-electron chi connectivity index (χ4n) is 2.07. The minimum atomic E-state index is 0.196. The van der Waals surface area contributed by atoms with Crippen molar-refractivity contribution >= 4 is 5.78 Å². The number of hydrogen-bond acceptors (Lipinski definition) is 2. The highest BCUT2D eigenvalue weighted by Crippen LogP contribution is 2.15. The zero-order valence-electron chi connectivity index (χ0n) is 13.2. The van der Waals surface area contributed by atoms with Crippen LogP contribution in [0.4, 0.5) is 0 Å². The zero-order valence-corrected chi connectivity index (χ0v) is 13.2. The molecule has 0 spiro atoms. The summed E-state index contributed by atoms with van der Waals surface area (Å²) in [6.07, 6.45) is 18.9. The molecular formula is C18H31NO. The lowest BCUT2D eigenvalue weighted by atomic mass is 9.95. The van der Waals surface area contributed by atoms with Gasteiger partial charge in [0.15, 0.2) is 5.78 Å². The summed E-state index contributed by atoms with van der Waals surface area (Å²) >= 11 is 0. The van der Waals surface area contributed by atoms with Crippen LogP contribution in [0.15, 0.2) is 36.5 Å². The lowest BCUT2D eigenvalue weighted by Crippen LogP contribution is -2.15. The van der Waals surface area contributed by atoms with Crippen LogP contribution in [-0.2, 0) is 4.79 Å². The molecule has 0 saturated heterocycles.